The molecule has 0 heterocycles. The molecule has 0 unspecified atom stereocenters. The molecular formula is C14H12O8. The zero-order valence-corrected chi connectivity index (χ0v) is 11.2. The van der Waals surface area contributed by atoms with Crippen LogP contribution in [0.3, 0.4) is 0 Å². The van der Waals surface area contributed by atoms with Crippen molar-refractivity contribution in [3.05, 3.63) is 54.6 Å². The number of hydrogen-bond acceptors (Lipinski definition) is 6. The summed E-state index contributed by atoms with van der Waals surface area (Å²) in [5.74, 6) is -2.67. The van der Waals surface area contributed by atoms with Crippen LogP contribution in [0.25, 0.3) is 6.08 Å². The molecule has 0 saturated carbocycles. The van der Waals surface area contributed by atoms with Crippen molar-refractivity contribution in [2.45, 2.75) is 0 Å². The highest BCUT2D eigenvalue weighted by Gasteiger charge is 2.07. The minimum absolute atomic E-state index is 0.416. The second-order valence-electron chi connectivity index (χ2n) is 3.32. The number of benzene rings is 1. The Kier molecular flexibility index (Phi) is 8.76. The summed E-state index contributed by atoms with van der Waals surface area (Å²) in [6.45, 7) is 3.63. The molecule has 0 atom stereocenters. The number of hydrogen-bond donors (Lipinski definition) is 2. The lowest BCUT2D eigenvalue weighted by molar-refractivity contribution is -0.136. The van der Waals surface area contributed by atoms with Crippen LogP contribution in [0, 0.1) is 0 Å². The first-order valence-corrected chi connectivity index (χ1v) is 5.60. The number of ether oxygens (including phenoxy) is 2. The zero-order valence-electron chi connectivity index (χ0n) is 11.2. The van der Waals surface area contributed by atoms with E-state index in [4.69, 9.17) is 10.2 Å². The van der Waals surface area contributed by atoms with Gasteiger partial charge in [-0.25, -0.2) is 19.2 Å². The van der Waals surface area contributed by atoms with Gasteiger partial charge in [0.2, 0.25) is 0 Å². The first-order valence-electron chi connectivity index (χ1n) is 5.60. The Morgan fingerprint density at radius 2 is 1.27 bits per heavy atom. The second kappa shape index (κ2) is 10.4. The Morgan fingerprint density at radius 3 is 1.55 bits per heavy atom. The molecule has 22 heavy (non-hydrogen) atoms. The lowest BCUT2D eigenvalue weighted by Gasteiger charge is -1.91. The third kappa shape index (κ3) is 10.5. The van der Waals surface area contributed by atoms with Crippen LogP contribution in [0.15, 0.2) is 49.1 Å². The van der Waals surface area contributed by atoms with Gasteiger partial charge in [-0.3, -0.25) is 0 Å². The Labute approximate surface area is 124 Å². The third-order valence-electron chi connectivity index (χ3n) is 1.77. The molecule has 1 aromatic rings. The number of carbonyl (C=O) groups is 4. The fraction of sp³-hybridized carbons (Fsp3) is 0. The summed E-state index contributed by atoms with van der Waals surface area (Å²) >= 11 is 0. The fourth-order valence-electron chi connectivity index (χ4n) is 0.965. The normalized spacial score (nSPS) is 9.09. The molecule has 0 aliphatic carbocycles. The van der Waals surface area contributed by atoms with Gasteiger partial charge in [0.1, 0.15) is 0 Å². The van der Waals surface area contributed by atoms with Gasteiger partial charge in [0.25, 0.3) is 0 Å². The maximum Gasteiger partial charge on any atom is 0.513 e. The highest BCUT2D eigenvalue weighted by molar-refractivity contribution is 5.97. The van der Waals surface area contributed by atoms with Gasteiger partial charge in [-0.15, -0.1) is 0 Å². The van der Waals surface area contributed by atoms with E-state index in [1.807, 2.05) is 36.4 Å². The molecule has 0 amide bonds. The monoisotopic (exact) mass is 308 g/mol. The van der Waals surface area contributed by atoms with Crippen LogP contribution in [0.4, 0.5) is 9.59 Å². The van der Waals surface area contributed by atoms with E-state index in [2.05, 4.69) is 16.1 Å². The molecule has 0 bridgehead atoms. The molecule has 116 valence electrons. The summed E-state index contributed by atoms with van der Waals surface area (Å²) in [6.07, 6.45) is -1.02. The van der Waals surface area contributed by atoms with Crippen LogP contribution < -0.4 is 0 Å². The van der Waals surface area contributed by atoms with Crippen molar-refractivity contribution < 1.29 is 38.9 Å². The van der Waals surface area contributed by atoms with Crippen molar-refractivity contribution in [2.75, 3.05) is 0 Å². The molecule has 0 radical (unpaired) electrons. The summed E-state index contributed by atoms with van der Waals surface area (Å²) in [5.41, 5.74) is 1.17. The summed E-state index contributed by atoms with van der Waals surface area (Å²) in [6, 6.07) is 10.0. The van der Waals surface area contributed by atoms with Crippen molar-refractivity contribution >= 4 is 30.3 Å². The molecule has 0 spiro atoms. The van der Waals surface area contributed by atoms with Gasteiger partial charge in [0.15, 0.2) is 0 Å². The molecule has 1 aromatic carbocycles. The lowest BCUT2D eigenvalue weighted by atomic mass is 10.2. The largest absolute Gasteiger partial charge is 0.513 e. The SMILES string of the molecule is C=Cc1ccccc1.O=C(O)OC(=O)/C=C\C(=O)OC(=O)O. The predicted octanol–water partition coefficient (Wildman–Crippen LogP) is 2.31. The summed E-state index contributed by atoms with van der Waals surface area (Å²) in [4.78, 5) is 40.3. The highest BCUT2D eigenvalue weighted by atomic mass is 16.7. The maximum absolute atomic E-state index is 10.4. The minimum atomic E-state index is -1.84. The van der Waals surface area contributed by atoms with Crippen LogP contribution in [0.1, 0.15) is 5.56 Å². The van der Waals surface area contributed by atoms with Gasteiger partial charge in [0, 0.05) is 12.2 Å². The lowest BCUT2D eigenvalue weighted by Crippen LogP contribution is -2.10. The summed E-state index contributed by atoms with van der Waals surface area (Å²) in [7, 11) is 0. The smallest absolute Gasteiger partial charge is 0.449 e. The number of carboxylic acid groups (broad SMARTS) is 2. The Balaban J connectivity index is 0.000000461. The fourth-order valence-corrected chi connectivity index (χ4v) is 0.965. The minimum Gasteiger partial charge on any atom is -0.449 e. The van der Waals surface area contributed by atoms with Gasteiger partial charge < -0.3 is 19.7 Å². The number of carbonyl (C=O) groups excluding carboxylic acids is 2. The van der Waals surface area contributed by atoms with Gasteiger partial charge in [0.05, 0.1) is 0 Å². The van der Waals surface area contributed by atoms with Gasteiger partial charge >= 0.3 is 24.2 Å². The maximum atomic E-state index is 10.4. The van der Waals surface area contributed by atoms with E-state index in [1.54, 1.807) is 0 Å². The second-order valence-corrected chi connectivity index (χ2v) is 3.32. The van der Waals surface area contributed by atoms with Crippen molar-refractivity contribution in [1.82, 2.24) is 0 Å². The average Bonchev–Trinajstić information content (AvgIpc) is 2.45. The Morgan fingerprint density at radius 1 is 0.864 bits per heavy atom. The molecule has 0 saturated heterocycles. The van der Waals surface area contributed by atoms with E-state index in [1.165, 1.54) is 5.56 Å². The summed E-state index contributed by atoms with van der Waals surface area (Å²) in [5, 5.41) is 15.8. The summed E-state index contributed by atoms with van der Waals surface area (Å²) < 4.78 is 7.08. The first-order chi connectivity index (χ1) is 10.3. The van der Waals surface area contributed by atoms with Gasteiger partial charge in [-0.1, -0.05) is 43.0 Å². The molecule has 1 rings (SSSR count). The molecule has 0 fully saturated rings. The van der Waals surface area contributed by atoms with Gasteiger partial charge in [-0.2, -0.15) is 0 Å². The van der Waals surface area contributed by atoms with E-state index in [9.17, 15) is 19.2 Å². The quantitative estimate of drug-likeness (QED) is 0.494. The van der Waals surface area contributed by atoms with Crippen molar-refractivity contribution in [1.29, 1.82) is 0 Å². The van der Waals surface area contributed by atoms with Crippen LogP contribution in [-0.4, -0.2) is 34.5 Å². The van der Waals surface area contributed by atoms with Crippen molar-refractivity contribution in [2.24, 2.45) is 0 Å². The number of rotatable bonds is 3. The molecule has 2 N–H and O–H groups in total. The third-order valence-corrected chi connectivity index (χ3v) is 1.77. The number of esters is 2. The topological polar surface area (TPSA) is 127 Å². The van der Waals surface area contributed by atoms with Crippen LogP contribution in [0.5, 0.6) is 0 Å². The van der Waals surface area contributed by atoms with E-state index in [0.717, 1.165) is 0 Å². The molecule has 0 aliphatic heterocycles. The predicted molar refractivity (Wildman–Crippen MR) is 73.9 cm³/mol. The van der Waals surface area contributed by atoms with E-state index < -0.39 is 24.2 Å². The highest BCUT2D eigenvalue weighted by Crippen LogP contribution is 1.97. The Bertz CT molecular complexity index is 544. The standard InChI is InChI=1S/C8H8.C6H4O8/c1-2-8-6-4-3-5-7-8;7-3(13-5(9)10)1-2-4(8)14-6(11)12/h2-7H,1H2;1-2H,(H,9,10)(H,11,12)/b;2-1-. The zero-order chi connectivity index (χ0) is 17.0. The molecular weight excluding hydrogens is 296 g/mol. The first kappa shape index (κ1) is 18.6. The molecule has 0 aliphatic rings. The molecule has 8 heteroatoms. The van der Waals surface area contributed by atoms with Crippen LogP contribution in [-0.2, 0) is 19.1 Å². The van der Waals surface area contributed by atoms with E-state index in [0.29, 0.717) is 12.2 Å². The van der Waals surface area contributed by atoms with Crippen molar-refractivity contribution in [3.63, 3.8) is 0 Å². The van der Waals surface area contributed by atoms with E-state index >= 15 is 0 Å². The Hall–Kier alpha value is -3.42. The van der Waals surface area contributed by atoms with Crippen LogP contribution >= 0.6 is 0 Å². The van der Waals surface area contributed by atoms with E-state index in [-0.39, 0.29) is 0 Å². The molecule has 0 aromatic heterocycles. The van der Waals surface area contributed by atoms with Crippen LogP contribution in [0.2, 0.25) is 0 Å². The molecule has 8 nitrogen and oxygen atoms in total. The van der Waals surface area contributed by atoms with Gasteiger partial charge in [-0.05, 0) is 5.56 Å². The van der Waals surface area contributed by atoms with Crippen molar-refractivity contribution in [3.8, 4) is 0 Å². The average molecular weight is 308 g/mol.